The lowest BCUT2D eigenvalue weighted by molar-refractivity contribution is 0.255. The van der Waals surface area contributed by atoms with Gasteiger partial charge in [0.15, 0.2) is 0 Å². The summed E-state index contributed by atoms with van der Waals surface area (Å²) in [6, 6.07) is 0. The van der Waals surface area contributed by atoms with Crippen molar-refractivity contribution >= 4 is 0 Å². The third-order valence-electron chi connectivity index (χ3n) is 4.28. The van der Waals surface area contributed by atoms with Crippen LogP contribution in [0.5, 0.6) is 0 Å². The summed E-state index contributed by atoms with van der Waals surface area (Å²) < 4.78 is 0. The molecule has 0 aliphatic heterocycles. The lowest BCUT2D eigenvalue weighted by atomic mass is 9.72. The molecule has 0 saturated heterocycles. The Morgan fingerprint density at radius 3 is 2.80 bits per heavy atom. The molecule has 0 heteroatoms. The van der Waals surface area contributed by atoms with Crippen LogP contribution in [0.2, 0.25) is 0 Å². The average Bonchev–Trinajstić information content (AvgIpc) is 2.67. The summed E-state index contributed by atoms with van der Waals surface area (Å²) in [5.74, 6) is 0. The van der Waals surface area contributed by atoms with Crippen LogP contribution in [0.15, 0.2) is 24.3 Å². The normalized spacial score (nSPS) is 24.1. The fourth-order valence-electron chi connectivity index (χ4n) is 3.44. The maximum absolute atomic E-state index is 3.79. The Morgan fingerprint density at radius 1 is 1.27 bits per heavy atom. The lowest BCUT2D eigenvalue weighted by Crippen LogP contribution is -2.20. The first kappa shape index (κ1) is 11.0. The molecule has 1 saturated carbocycles. The molecule has 0 unspecified atom stereocenters. The Morgan fingerprint density at radius 2 is 2.07 bits per heavy atom. The molecule has 2 rings (SSSR count). The van der Waals surface area contributed by atoms with Crippen LogP contribution in [-0.4, -0.2) is 0 Å². The molecule has 15 heavy (non-hydrogen) atoms. The number of unbranched alkanes of at least 4 members (excludes halogenated alkanes) is 1. The highest BCUT2D eigenvalue weighted by Gasteiger charge is 2.35. The maximum atomic E-state index is 3.79. The van der Waals surface area contributed by atoms with Gasteiger partial charge in [0.25, 0.3) is 0 Å². The van der Waals surface area contributed by atoms with E-state index in [0.29, 0.717) is 0 Å². The minimum absolute atomic E-state index is 0.748. The first-order valence-electron chi connectivity index (χ1n) is 6.63. The Labute approximate surface area is 94.5 Å². The molecule has 2 aliphatic carbocycles. The van der Waals surface area contributed by atoms with E-state index in [1.54, 1.807) is 5.57 Å². The van der Waals surface area contributed by atoms with E-state index >= 15 is 0 Å². The van der Waals surface area contributed by atoms with Crippen LogP contribution in [0, 0.1) is 5.41 Å². The van der Waals surface area contributed by atoms with Crippen molar-refractivity contribution in [1.29, 1.82) is 0 Å². The van der Waals surface area contributed by atoms with Crippen LogP contribution in [-0.2, 0) is 0 Å². The van der Waals surface area contributed by atoms with Gasteiger partial charge in [-0.05, 0) is 56.8 Å². The second-order valence-corrected chi connectivity index (χ2v) is 5.47. The molecule has 0 atom stereocenters. The van der Waals surface area contributed by atoms with E-state index in [-0.39, 0.29) is 0 Å². The molecular weight excluding hydrogens is 180 g/mol. The number of hydrogen-bond acceptors (Lipinski definition) is 0. The smallest absolute Gasteiger partial charge is 0.0257 e. The van der Waals surface area contributed by atoms with Crippen molar-refractivity contribution < 1.29 is 0 Å². The van der Waals surface area contributed by atoms with Gasteiger partial charge in [0.2, 0.25) is 0 Å². The third-order valence-corrected chi connectivity index (χ3v) is 4.28. The molecule has 0 amide bonds. The zero-order chi connectivity index (χ0) is 10.6. The Kier molecular flexibility index (Phi) is 3.66. The fourth-order valence-corrected chi connectivity index (χ4v) is 3.44. The van der Waals surface area contributed by atoms with Gasteiger partial charge in [-0.1, -0.05) is 30.6 Å². The lowest BCUT2D eigenvalue weighted by Gasteiger charge is -2.33. The zero-order valence-corrected chi connectivity index (χ0v) is 9.93. The van der Waals surface area contributed by atoms with E-state index in [1.807, 2.05) is 0 Å². The summed E-state index contributed by atoms with van der Waals surface area (Å²) >= 11 is 0. The van der Waals surface area contributed by atoms with Crippen molar-refractivity contribution in [3.05, 3.63) is 24.3 Å². The van der Waals surface area contributed by atoms with Gasteiger partial charge in [-0.2, -0.15) is 0 Å². The van der Waals surface area contributed by atoms with Gasteiger partial charge in [-0.3, -0.25) is 0 Å². The second kappa shape index (κ2) is 5.01. The van der Waals surface area contributed by atoms with Crippen LogP contribution >= 0.6 is 0 Å². The molecule has 0 bridgehead atoms. The Balaban J connectivity index is 1.85. The third kappa shape index (κ3) is 2.74. The van der Waals surface area contributed by atoms with Crippen molar-refractivity contribution in [2.75, 3.05) is 0 Å². The van der Waals surface area contributed by atoms with Crippen molar-refractivity contribution in [2.45, 2.75) is 64.2 Å². The molecule has 0 aromatic rings. The van der Waals surface area contributed by atoms with Crippen LogP contribution in [0.25, 0.3) is 0 Å². The highest BCUT2D eigenvalue weighted by atomic mass is 14.4. The van der Waals surface area contributed by atoms with E-state index in [4.69, 9.17) is 0 Å². The standard InChI is InChI=1S/C15H24/c1-2-3-4-8-14-9-7-12-15(13-14)10-5-6-11-15/h2,9H,1,3-8,10-13H2. The fraction of sp³-hybridized carbons (Fsp3) is 0.733. The topological polar surface area (TPSA) is 0 Å². The van der Waals surface area contributed by atoms with E-state index in [0.717, 1.165) is 5.41 Å². The van der Waals surface area contributed by atoms with Gasteiger partial charge in [0.05, 0.1) is 0 Å². The summed E-state index contributed by atoms with van der Waals surface area (Å²) in [4.78, 5) is 0. The van der Waals surface area contributed by atoms with Gasteiger partial charge >= 0.3 is 0 Å². The van der Waals surface area contributed by atoms with Crippen molar-refractivity contribution in [3.8, 4) is 0 Å². The van der Waals surface area contributed by atoms with Gasteiger partial charge in [-0.15, -0.1) is 6.58 Å². The largest absolute Gasteiger partial charge is 0.103 e. The number of allylic oxidation sites excluding steroid dienone is 3. The molecule has 0 radical (unpaired) electrons. The van der Waals surface area contributed by atoms with Crippen LogP contribution in [0.3, 0.4) is 0 Å². The van der Waals surface area contributed by atoms with E-state index in [9.17, 15) is 0 Å². The molecule has 1 spiro atoms. The predicted molar refractivity (Wildman–Crippen MR) is 66.9 cm³/mol. The SMILES string of the molecule is C=CCCCC1=CCCC2(CCCC2)C1. The summed E-state index contributed by atoms with van der Waals surface area (Å²) in [5, 5.41) is 0. The molecule has 0 N–H and O–H groups in total. The van der Waals surface area contributed by atoms with Crippen LogP contribution in [0.4, 0.5) is 0 Å². The van der Waals surface area contributed by atoms with Crippen LogP contribution < -0.4 is 0 Å². The second-order valence-electron chi connectivity index (χ2n) is 5.47. The van der Waals surface area contributed by atoms with Crippen LogP contribution in [0.1, 0.15) is 64.2 Å². The maximum Gasteiger partial charge on any atom is -0.0257 e. The first-order valence-corrected chi connectivity index (χ1v) is 6.63. The minimum atomic E-state index is 0.748. The zero-order valence-electron chi connectivity index (χ0n) is 9.93. The average molecular weight is 204 g/mol. The van der Waals surface area contributed by atoms with Gasteiger partial charge in [0, 0.05) is 0 Å². The van der Waals surface area contributed by atoms with Crippen molar-refractivity contribution in [3.63, 3.8) is 0 Å². The molecule has 0 aromatic heterocycles. The molecule has 84 valence electrons. The molecule has 1 fully saturated rings. The quantitative estimate of drug-likeness (QED) is 0.446. The summed E-state index contributed by atoms with van der Waals surface area (Å²) in [7, 11) is 0. The van der Waals surface area contributed by atoms with Gasteiger partial charge < -0.3 is 0 Å². The molecule has 0 heterocycles. The van der Waals surface area contributed by atoms with Gasteiger partial charge in [0.1, 0.15) is 0 Å². The molecule has 0 nitrogen and oxygen atoms in total. The molecular formula is C15H24. The van der Waals surface area contributed by atoms with E-state index in [1.165, 1.54) is 64.2 Å². The van der Waals surface area contributed by atoms with Gasteiger partial charge in [-0.25, -0.2) is 0 Å². The predicted octanol–water partition coefficient (Wildman–Crippen LogP) is 5.01. The summed E-state index contributed by atoms with van der Waals surface area (Å²) in [5.41, 5.74) is 2.50. The number of rotatable bonds is 4. The highest BCUT2D eigenvalue weighted by molar-refractivity contribution is 5.11. The minimum Gasteiger partial charge on any atom is -0.103 e. The van der Waals surface area contributed by atoms with E-state index < -0.39 is 0 Å². The Bertz CT molecular complexity index is 241. The van der Waals surface area contributed by atoms with Crippen molar-refractivity contribution in [2.24, 2.45) is 5.41 Å². The first-order chi connectivity index (χ1) is 7.35. The monoisotopic (exact) mass is 204 g/mol. The summed E-state index contributed by atoms with van der Waals surface area (Å²) in [6.45, 7) is 3.79. The van der Waals surface area contributed by atoms with Crippen molar-refractivity contribution in [1.82, 2.24) is 0 Å². The van der Waals surface area contributed by atoms with E-state index in [2.05, 4.69) is 18.7 Å². The molecule has 0 aromatic carbocycles. The Hall–Kier alpha value is -0.520. The number of hydrogen-bond donors (Lipinski definition) is 0. The molecule has 2 aliphatic rings. The highest BCUT2D eigenvalue weighted by Crippen LogP contribution is 2.49. The summed E-state index contributed by atoms with van der Waals surface area (Å²) in [6.07, 6.45) is 18.6.